The van der Waals surface area contributed by atoms with Gasteiger partial charge < -0.3 is 14.2 Å². The number of carbonyl (C=O) groups is 2. The third-order valence-corrected chi connectivity index (χ3v) is 7.29. The number of oxazole rings is 1. The van der Waals surface area contributed by atoms with Crippen molar-refractivity contribution in [3.8, 4) is 0 Å². The summed E-state index contributed by atoms with van der Waals surface area (Å²) in [6, 6.07) is 3.64. The van der Waals surface area contributed by atoms with Crippen LogP contribution in [0.1, 0.15) is 51.3 Å². The van der Waals surface area contributed by atoms with Crippen LogP contribution in [0, 0.1) is 6.92 Å². The number of aryl methyl sites for hydroxylation is 1. The SMILES string of the molecule is CSc1ncccc1C(=O)N1CCC(c2nc(C(=O)N3CCSCC3)c(C)o2)CC1. The van der Waals surface area contributed by atoms with Crippen molar-refractivity contribution in [2.75, 3.05) is 43.9 Å². The number of nitrogens with zero attached hydrogens (tertiary/aromatic N) is 4. The number of thioether (sulfide) groups is 2. The number of amides is 2. The Hall–Kier alpha value is -2.00. The fourth-order valence-corrected chi connectivity index (χ4v) is 5.37. The lowest BCUT2D eigenvalue weighted by Gasteiger charge is -2.31. The molecule has 0 N–H and O–H groups in total. The van der Waals surface area contributed by atoms with Crippen molar-refractivity contribution < 1.29 is 14.0 Å². The lowest BCUT2D eigenvalue weighted by Crippen LogP contribution is -2.38. The molecule has 4 heterocycles. The molecule has 0 aliphatic carbocycles. The second-order valence-corrected chi connectivity index (χ2v) is 9.51. The molecule has 9 heteroatoms. The first-order valence-electron chi connectivity index (χ1n) is 10.2. The van der Waals surface area contributed by atoms with Gasteiger partial charge in [-0.2, -0.15) is 11.8 Å². The van der Waals surface area contributed by atoms with E-state index in [0.29, 0.717) is 36.0 Å². The first kappa shape index (κ1) is 21.2. The lowest BCUT2D eigenvalue weighted by molar-refractivity contribution is 0.0701. The van der Waals surface area contributed by atoms with Gasteiger partial charge in [0.05, 0.1) is 5.56 Å². The van der Waals surface area contributed by atoms with E-state index in [4.69, 9.17) is 4.42 Å². The van der Waals surface area contributed by atoms with Crippen LogP contribution in [0.25, 0.3) is 0 Å². The number of piperidine rings is 1. The predicted molar refractivity (Wildman–Crippen MR) is 118 cm³/mol. The minimum Gasteiger partial charge on any atom is -0.445 e. The van der Waals surface area contributed by atoms with Crippen LogP contribution in [0.4, 0.5) is 0 Å². The molecule has 7 nitrogen and oxygen atoms in total. The van der Waals surface area contributed by atoms with Crippen molar-refractivity contribution in [1.82, 2.24) is 19.8 Å². The zero-order valence-electron chi connectivity index (χ0n) is 17.3. The minimum absolute atomic E-state index is 0.0216. The molecule has 0 bridgehead atoms. The smallest absolute Gasteiger partial charge is 0.276 e. The Morgan fingerprint density at radius 1 is 1.13 bits per heavy atom. The van der Waals surface area contributed by atoms with Gasteiger partial charge in [0.25, 0.3) is 11.8 Å². The Morgan fingerprint density at radius 3 is 2.53 bits per heavy atom. The van der Waals surface area contributed by atoms with E-state index in [1.165, 1.54) is 11.8 Å². The summed E-state index contributed by atoms with van der Waals surface area (Å²) in [6.45, 7) is 4.62. The second-order valence-electron chi connectivity index (χ2n) is 7.49. The number of aromatic nitrogens is 2. The maximum absolute atomic E-state index is 12.9. The maximum Gasteiger partial charge on any atom is 0.276 e. The predicted octanol–water partition coefficient (Wildman–Crippen LogP) is 3.31. The summed E-state index contributed by atoms with van der Waals surface area (Å²) < 4.78 is 5.90. The average Bonchev–Trinajstić information content (AvgIpc) is 3.20. The van der Waals surface area contributed by atoms with Gasteiger partial charge >= 0.3 is 0 Å². The van der Waals surface area contributed by atoms with Crippen molar-refractivity contribution in [3.63, 3.8) is 0 Å². The number of pyridine rings is 1. The summed E-state index contributed by atoms with van der Waals surface area (Å²) in [5, 5.41) is 0.757. The van der Waals surface area contributed by atoms with Gasteiger partial charge in [-0.25, -0.2) is 9.97 Å². The minimum atomic E-state index is -0.0309. The lowest BCUT2D eigenvalue weighted by atomic mass is 9.96. The number of hydrogen-bond acceptors (Lipinski definition) is 7. The summed E-state index contributed by atoms with van der Waals surface area (Å²) in [5.41, 5.74) is 1.10. The summed E-state index contributed by atoms with van der Waals surface area (Å²) >= 11 is 3.35. The van der Waals surface area contributed by atoms with E-state index in [2.05, 4.69) is 9.97 Å². The fourth-order valence-electron chi connectivity index (χ4n) is 3.92. The third-order valence-electron chi connectivity index (χ3n) is 5.64. The Labute approximate surface area is 185 Å². The van der Waals surface area contributed by atoms with E-state index in [9.17, 15) is 9.59 Å². The molecule has 0 unspecified atom stereocenters. The van der Waals surface area contributed by atoms with Crippen molar-refractivity contribution in [3.05, 3.63) is 41.2 Å². The molecule has 2 aliphatic heterocycles. The third kappa shape index (κ3) is 4.37. The largest absolute Gasteiger partial charge is 0.445 e. The highest BCUT2D eigenvalue weighted by Crippen LogP contribution is 2.30. The molecule has 2 amide bonds. The summed E-state index contributed by atoms with van der Waals surface area (Å²) in [4.78, 5) is 38.4. The van der Waals surface area contributed by atoms with Crippen molar-refractivity contribution >= 4 is 35.3 Å². The highest BCUT2D eigenvalue weighted by molar-refractivity contribution is 7.99. The molecule has 2 aromatic rings. The van der Waals surface area contributed by atoms with Gasteiger partial charge in [0, 0.05) is 49.8 Å². The molecule has 0 aromatic carbocycles. The molecule has 2 fully saturated rings. The van der Waals surface area contributed by atoms with Crippen LogP contribution in [0.3, 0.4) is 0 Å². The topological polar surface area (TPSA) is 79.5 Å². The Kier molecular flexibility index (Phi) is 6.67. The molecule has 0 radical (unpaired) electrons. The number of hydrogen-bond donors (Lipinski definition) is 0. The number of likely N-dealkylation sites (tertiary alicyclic amines) is 1. The van der Waals surface area contributed by atoms with Crippen molar-refractivity contribution in [1.29, 1.82) is 0 Å². The summed E-state index contributed by atoms with van der Waals surface area (Å²) in [5.74, 6) is 3.27. The van der Waals surface area contributed by atoms with Crippen LogP contribution in [0.15, 0.2) is 27.8 Å². The average molecular weight is 447 g/mol. The Morgan fingerprint density at radius 2 is 1.83 bits per heavy atom. The molecule has 0 spiro atoms. The van der Waals surface area contributed by atoms with Gasteiger partial charge in [0.1, 0.15) is 10.8 Å². The zero-order valence-corrected chi connectivity index (χ0v) is 18.9. The molecule has 0 saturated carbocycles. The highest BCUT2D eigenvalue weighted by atomic mass is 32.2. The summed E-state index contributed by atoms with van der Waals surface area (Å²) in [6.07, 6.45) is 5.18. The van der Waals surface area contributed by atoms with Gasteiger partial charge in [-0.1, -0.05) is 0 Å². The maximum atomic E-state index is 12.9. The number of carbonyl (C=O) groups excluding carboxylic acids is 2. The van der Waals surface area contributed by atoms with E-state index in [1.807, 2.05) is 40.8 Å². The van der Waals surface area contributed by atoms with E-state index < -0.39 is 0 Å². The zero-order chi connectivity index (χ0) is 21.1. The molecule has 2 aliphatic rings. The summed E-state index contributed by atoms with van der Waals surface area (Å²) in [7, 11) is 0. The van der Waals surface area contributed by atoms with Crippen molar-refractivity contribution in [2.45, 2.75) is 30.7 Å². The molecule has 2 aromatic heterocycles. The number of rotatable bonds is 4. The normalized spacial score (nSPS) is 17.9. The standard InChI is InChI=1S/C21H26N4O3S2/c1-14-17(21(27)25-10-12-30-13-11-25)23-18(28-14)15-5-8-24(9-6-15)20(26)16-4-3-7-22-19(16)29-2/h3-4,7,15H,5-6,8-13H2,1-2H3. The monoisotopic (exact) mass is 446 g/mol. The molecule has 30 heavy (non-hydrogen) atoms. The van der Waals surface area contributed by atoms with Crippen LogP contribution < -0.4 is 0 Å². The van der Waals surface area contributed by atoms with E-state index in [-0.39, 0.29) is 17.7 Å². The second kappa shape index (κ2) is 9.43. The molecular weight excluding hydrogens is 420 g/mol. The van der Waals surface area contributed by atoms with Gasteiger partial charge in [0.2, 0.25) is 0 Å². The highest BCUT2D eigenvalue weighted by Gasteiger charge is 2.31. The first-order chi connectivity index (χ1) is 14.6. The fraction of sp³-hybridized carbons (Fsp3) is 0.524. The van der Waals surface area contributed by atoms with E-state index >= 15 is 0 Å². The van der Waals surface area contributed by atoms with E-state index in [1.54, 1.807) is 12.3 Å². The van der Waals surface area contributed by atoms with E-state index in [0.717, 1.165) is 42.5 Å². The molecule has 0 atom stereocenters. The van der Waals surface area contributed by atoms with Crippen LogP contribution in [-0.2, 0) is 0 Å². The van der Waals surface area contributed by atoms with Crippen LogP contribution in [-0.4, -0.2) is 75.5 Å². The van der Waals surface area contributed by atoms with Gasteiger partial charge in [0.15, 0.2) is 11.6 Å². The Balaban J connectivity index is 1.41. The molecular formula is C21H26N4O3S2. The molecule has 4 rings (SSSR count). The quantitative estimate of drug-likeness (QED) is 0.667. The molecule has 2 saturated heterocycles. The van der Waals surface area contributed by atoms with Gasteiger partial charge in [-0.05, 0) is 38.2 Å². The molecule has 160 valence electrons. The Bertz CT molecular complexity index is 919. The van der Waals surface area contributed by atoms with Gasteiger partial charge in [-0.3, -0.25) is 9.59 Å². The van der Waals surface area contributed by atoms with Crippen molar-refractivity contribution in [2.24, 2.45) is 0 Å². The van der Waals surface area contributed by atoms with Crippen LogP contribution in [0.5, 0.6) is 0 Å². The van der Waals surface area contributed by atoms with Crippen LogP contribution >= 0.6 is 23.5 Å². The first-order valence-corrected chi connectivity index (χ1v) is 12.6. The van der Waals surface area contributed by atoms with Crippen LogP contribution in [0.2, 0.25) is 0 Å². The van der Waals surface area contributed by atoms with Gasteiger partial charge in [-0.15, -0.1) is 11.8 Å².